The zero-order valence-corrected chi connectivity index (χ0v) is 7.77. The van der Waals surface area contributed by atoms with Gasteiger partial charge in [-0.15, -0.1) is 0 Å². The number of anilines is 2. The summed E-state index contributed by atoms with van der Waals surface area (Å²) < 4.78 is 4.54. The van der Waals surface area contributed by atoms with Crippen LogP contribution in [0.25, 0.3) is 11.0 Å². The van der Waals surface area contributed by atoms with Crippen LogP contribution in [0.1, 0.15) is 0 Å². The molecule has 0 aliphatic rings. The molecule has 0 amide bonds. The van der Waals surface area contributed by atoms with Crippen LogP contribution in [0.15, 0.2) is 16.8 Å². The number of hydrogen-bond acceptors (Lipinski definition) is 7. The minimum absolute atomic E-state index is 0.0000286. The van der Waals surface area contributed by atoms with E-state index in [1.807, 2.05) is 5.48 Å². The van der Waals surface area contributed by atoms with Crippen molar-refractivity contribution in [2.45, 2.75) is 0 Å². The van der Waals surface area contributed by atoms with Crippen LogP contribution < -0.4 is 10.8 Å². The van der Waals surface area contributed by atoms with Gasteiger partial charge in [0.2, 0.25) is 0 Å². The molecule has 1 aromatic heterocycles. The summed E-state index contributed by atoms with van der Waals surface area (Å²) in [5.41, 5.74) is 4.00. The molecule has 0 bridgehead atoms. The van der Waals surface area contributed by atoms with Crippen LogP contribution in [-0.4, -0.2) is 33.8 Å². The summed E-state index contributed by atoms with van der Waals surface area (Å²) in [4.78, 5) is 0. The van der Waals surface area contributed by atoms with Gasteiger partial charge in [-0.3, -0.25) is 10.7 Å². The van der Waals surface area contributed by atoms with E-state index in [2.05, 4.69) is 20.3 Å². The molecule has 0 radical (unpaired) electrons. The van der Waals surface area contributed by atoms with Gasteiger partial charge in [0, 0.05) is 6.54 Å². The van der Waals surface area contributed by atoms with Gasteiger partial charge in [-0.25, -0.2) is 4.63 Å². The van der Waals surface area contributed by atoms with E-state index in [0.29, 0.717) is 29.0 Å². The van der Waals surface area contributed by atoms with Crippen LogP contribution in [0.4, 0.5) is 11.4 Å². The molecule has 2 rings (SSSR count). The second kappa shape index (κ2) is 4.11. The number of benzene rings is 1. The van der Waals surface area contributed by atoms with Crippen molar-refractivity contribution in [1.82, 2.24) is 10.3 Å². The third-order valence-electron chi connectivity index (χ3n) is 1.97. The molecular weight excluding hydrogens is 200 g/mol. The molecule has 0 aliphatic heterocycles. The van der Waals surface area contributed by atoms with E-state index >= 15 is 0 Å². The molecule has 0 spiro atoms. The first-order valence-electron chi connectivity index (χ1n) is 4.37. The predicted molar refractivity (Wildman–Crippen MR) is 52.8 cm³/mol. The van der Waals surface area contributed by atoms with Gasteiger partial charge in [-0.05, 0) is 22.4 Å². The van der Waals surface area contributed by atoms with Gasteiger partial charge in [0.05, 0.1) is 12.3 Å². The van der Waals surface area contributed by atoms with Crippen LogP contribution in [0, 0.1) is 0 Å². The molecule has 0 unspecified atom stereocenters. The molecule has 80 valence electrons. The SMILES string of the molecule is OCCNc1ccc2nonc2c1NO. The molecule has 0 atom stereocenters. The van der Waals surface area contributed by atoms with Crippen molar-refractivity contribution < 1.29 is 14.9 Å². The van der Waals surface area contributed by atoms with Gasteiger partial charge in [-0.1, -0.05) is 0 Å². The Balaban J connectivity index is 2.44. The Hall–Kier alpha value is -1.86. The first-order chi connectivity index (χ1) is 7.36. The Morgan fingerprint density at radius 2 is 2.20 bits per heavy atom. The van der Waals surface area contributed by atoms with E-state index in [4.69, 9.17) is 10.3 Å². The molecular formula is C8H10N4O3. The Morgan fingerprint density at radius 1 is 1.33 bits per heavy atom. The van der Waals surface area contributed by atoms with Crippen molar-refractivity contribution in [3.63, 3.8) is 0 Å². The maximum Gasteiger partial charge on any atom is 0.162 e. The highest BCUT2D eigenvalue weighted by Gasteiger charge is 2.10. The fourth-order valence-electron chi connectivity index (χ4n) is 1.30. The number of aromatic nitrogens is 2. The van der Waals surface area contributed by atoms with Gasteiger partial charge < -0.3 is 10.4 Å². The minimum atomic E-state index is -0.0000286. The van der Waals surface area contributed by atoms with E-state index in [1.54, 1.807) is 12.1 Å². The average molecular weight is 210 g/mol. The number of hydrogen-bond donors (Lipinski definition) is 4. The summed E-state index contributed by atoms with van der Waals surface area (Å²) in [6, 6.07) is 3.41. The normalized spacial score (nSPS) is 10.5. The van der Waals surface area contributed by atoms with Gasteiger partial charge in [-0.2, -0.15) is 0 Å². The molecule has 7 nitrogen and oxygen atoms in total. The topological polar surface area (TPSA) is 103 Å². The van der Waals surface area contributed by atoms with E-state index in [9.17, 15) is 0 Å². The second-order valence-electron chi connectivity index (χ2n) is 2.88. The highest BCUT2D eigenvalue weighted by Crippen LogP contribution is 2.28. The fraction of sp³-hybridized carbons (Fsp3) is 0.250. The van der Waals surface area contributed by atoms with Gasteiger partial charge in [0.25, 0.3) is 0 Å². The standard InChI is InChI=1S/C8H10N4O3/c13-4-3-9-5-1-2-6-8(7(5)10-14)12-15-11-6/h1-2,9-10,13-14H,3-4H2. The quantitative estimate of drug-likeness (QED) is 0.542. The lowest BCUT2D eigenvalue weighted by Crippen LogP contribution is -2.07. The number of rotatable bonds is 4. The molecule has 15 heavy (non-hydrogen) atoms. The summed E-state index contributed by atoms with van der Waals surface area (Å²) in [6.45, 7) is 0.380. The third-order valence-corrected chi connectivity index (χ3v) is 1.97. The fourth-order valence-corrected chi connectivity index (χ4v) is 1.30. The summed E-state index contributed by atoms with van der Waals surface area (Å²) in [5, 5.41) is 27.8. The van der Waals surface area contributed by atoms with Crippen molar-refractivity contribution in [2.75, 3.05) is 23.9 Å². The molecule has 0 fully saturated rings. The van der Waals surface area contributed by atoms with Crippen molar-refractivity contribution >= 4 is 22.4 Å². The van der Waals surface area contributed by atoms with Crippen molar-refractivity contribution in [1.29, 1.82) is 0 Å². The molecule has 7 heteroatoms. The van der Waals surface area contributed by atoms with Crippen molar-refractivity contribution in [3.05, 3.63) is 12.1 Å². The lowest BCUT2D eigenvalue weighted by Gasteiger charge is -2.09. The summed E-state index contributed by atoms with van der Waals surface area (Å²) in [6.07, 6.45) is 0. The van der Waals surface area contributed by atoms with Crippen LogP contribution in [0.3, 0.4) is 0 Å². The second-order valence-corrected chi connectivity index (χ2v) is 2.88. The number of nitrogens with zero attached hydrogens (tertiary/aromatic N) is 2. The van der Waals surface area contributed by atoms with Crippen molar-refractivity contribution in [3.8, 4) is 0 Å². The van der Waals surface area contributed by atoms with E-state index in [-0.39, 0.29) is 6.61 Å². The Labute approximate surface area is 84.6 Å². The van der Waals surface area contributed by atoms with Crippen molar-refractivity contribution in [2.24, 2.45) is 0 Å². The van der Waals surface area contributed by atoms with Crippen LogP contribution in [0.5, 0.6) is 0 Å². The molecule has 1 heterocycles. The largest absolute Gasteiger partial charge is 0.395 e. The number of fused-ring (bicyclic) bond motifs is 1. The van der Waals surface area contributed by atoms with Crippen LogP contribution >= 0.6 is 0 Å². The number of aliphatic hydroxyl groups excluding tert-OH is 1. The lowest BCUT2D eigenvalue weighted by molar-refractivity contribution is 0.311. The molecule has 0 saturated heterocycles. The Morgan fingerprint density at radius 3 is 2.93 bits per heavy atom. The first kappa shape index (κ1) is 9.69. The highest BCUT2D eigenvalue weighted by atomic mass is 16.6. The maximum atomic E-state index is 8.97. The summed E-state index contributed by atoms with van der Waals surface area (Å²) in [7, 11) is 0. The summed E-state index contributed by atoms with van der Waals surface area (Å²) in [5.74, 6) is 0. The third kappa shape index (κ3) is 1.69. The zero-order chi connectivity index (χ0) is 10.7. The lowest BCUT2D eigenvalue weighted by atomic mass is 10.2. The van der Waals surface area contributed by atoms with E-state index in [1.165, 1.54) is 0 Å². The van der Waals surface area contributed by atoms with E-state index < -0.39 is 0 Å². The smallest absolute Gasteiger partial charge is 0.162 e. The zero-order valence-electron chi connectivity index (χ0n) is 7.77. The monoisotopic (exact) mass is 210 g/mol. The minimum Gasteiger partial charge on any atom is -0.395 e. The number of nitrogens with one attached hydrogen (secondary N) is 2. The van der Waals surface area contributed by atoms with Gasteiger partial charge >= 0.3 is 0 Å². The van der Waals surface area contributed by atoms with Gasteiger partial charge in [0.15, 0.2) is 5.52 Å². The van der Waals surface area contributed by atoms with Crippen LogP contribution in [-0.2, 0) is 0 Å². The van der Waals surface area contributed by atoms with Gasteiger partial charge in [0.1, 0.15) is 11.2 Å². The molecule has 4 N–H and O–H groups in total. The summed E-state index contributed by atoms with van der Waals surface area (Å²) >= 11 is 0. The van der Waals surface area contributed by atoms with Crippen LogP contribution in [0.2, 0.25) is 0 Å². The highest BCUT2D eigenvalue weighted by molar-refractivity contribution is 5.94. The average Bonchev–Trinajstić information content (AvgIpc) is 2.73. The Kier molecular flexibility index (Phi) is 2.66. The molecule has 0 saturated carbocycles. The number of aliphatic hydroxyl groups is 1. The molecule has 2 aromatic rings. The molecule has 0 aliphatic carbocycles. The van der Waals surface area contributed by atoms with E-state index in [0.717, 1.165) is 0 Å². The first-order valence-corrected chi connectivity index (χ1v) is 4.37. The Bertz CT molecular complexity index is 456. The maximum absolute atomic E-state index is 8.97. The molecule has 1 aromatic carbocycles. The predicted octanol–water partition coefficient (Wildman–Crippen LogP) is 0.428.